The van der Waals surface area contributed by atoms with E-state index in [9.17, 15) is 4.79 Å². The van der Waals surface area contributed by atoms with Crippen LogP contribution in [0.2, 0.25) is 32.7 Å². The molecule has 144 valence electrons. The smallest absolute Gasteiger partial charge is 0.245 e. The molecule has 1 aromatic heterocycles. The van der Waals surface area contributed by atoms with E-state index >= 15 is 0 Å². The predicted molar refractivity (Wildman–Crippen MR) is 118 cm³/mol. The van der Waals surface area contributed by atoms with Crippen LogP contribution in [0, 0.1) is 0 Å². The fourth-order valence-electron chi connectivity index (χ4n) is 3.63. The number of pyridine rings is 1. The average molecular weight is 399 g/mol. The third-order valence-electron chi connectivity index (χ3n) is 5.09. The molecule has 0 aliphatic carbocycles. The summed E-state index contributed by atoms with van der Waals surface area (Å²) in [7, 11) is -3.81. The van der Waals surface area contributed by atoms with Crippen LogP contribution < -0.4 is 5.19 Å². The van der Waals surface area contributed by atoms with Gasteiger partial charge in [0, 0.05) is 29.9 Å². The molecule has 4 nitrogen and oxygen atoms in total. The van der Waals surface area contributed by atoms with Crippen LogP contribution in [-0.2, 0) is 9.53 Å². The molecule has 1 aliphatic heterocycles. The van der Waals surface area contributed by atoms with Gasteiger partial charge >= 0.3 is 0 Å². The number of amides is 1. The maximum absolute atomic E-state index is 13.6. The van der Waals surface area contributed by atoms with Crippen LogP contribution in [0.15, 0.2) is 47.4 Å². The molecule has 0 saturated carbocycles. The van der Waals surface area contributed by atoms with E-state index in [1.54, 1.807) is 0 Å². The van der Waals surface area contributed by atoms with Gasteiger partial charge < -0.3 is 9.64 Å². The number of benzene rings is 1. The molecule has 1 fully saturated rings. The molecule has 0 atom stereocenters. The van der Waals surface area contributed by atoms with Crippen molar-refractivity contribution in [3.05, 3.63) is 47.4 Å². The van der Waals surface area contributed by atoms with Crippen LogP contribution in [0.1, 0.15) is 0 Å². The van der Waals surface area contributed by atoms with Gasteiger partial charge in [0.15, 0.2) is 0 Å². The van der Waals surface area contributed by atoms with E-state index in [0.717, 1.165) is 16.1 Å². The number of rotatable bonds is 4. The second-order valence-electron chi connectivity index (χ2n) is 8.83. The molecule has 1 aliphatic rings. The molecule has 0 N–H and O–H groups in total. The third kappa shape index (κ3) is 4.39. The second-order valence-corrected chi connectivity index (χ2v) is 18.2. The number of aromatic nitrogens is 1. The molecule has 1 amide bonds. The van der Waals surface area contributed by atoms with Gasteiger partial charge in [0.05, 0.1) is 26.8 Å². The van der Waals surface area contributed by atoms with Gasteiger partial charge in [0.2, 0.25) is 5.91 Å². The van der Waals surface area contributed by atoms with Crippen molar-refractivity contribution >= 4 is 38.1 Å². The van der Waals surface area contributed by atoms with Gasteiger partial charge in [-0.3, -0.25) is 9.78 Å². The summed E-state index contributed by atoms with van der Waals surface area (Å²) in [5.41, 5.74) is 3.37. The minimum absolute atomic E-state index is 0.199. The van der Waals surface area contributed by atoms with Crippen molar-refractivity contribution in [2.75, 3.05) is 26.3 Å². The van der Waals surface area contributed by atoms with Crippen molar-refractivity contribution in [1.82, 2.24) is 9.88 Å². The van der Waals surface area contributed by atoms with E-state index in [-0.39, 0.29) is 5.91 Å². The van der Waals surface area contributed by atoms with Crippen molar-refractivity contribution in [2.45, 2.75) is 32.7 Å². The molecule has 2 aromatic rings. The Morgan fingerprint density at radius 1 is 1.07 bits per heavy atom. The van der Waals surface area contributed by atoms with E-state index in [0.29, 0.717) is 26.3 Å². The van der Waals surface area contributed by atoms with Gasteiger partial charge in [0.25, 0.3) is 0 Å². The number of morpholine rings is 1. The number of nitrogens with zero attached hydrogens (tertiary/aromatic N) is 2. The van der Waals surface area contributed by atoms with Crippen molar-refractivity contribution < 1.29 is 9.53 Å². The minimum Gasteiger partial charge on any atom is -0.378 e. The molecule has 0 bridgehead atoms. The first-order valence-electron chi connectivity index (χ1n) is 9.65. The lowest BCUT2D eigenvalue weighted by Gasteiger charge is -2.34. The second kappa shape index (κ2) is 7.69. The van der Waals surface area contributed by atoms with Gasteiger partial charge in [-0.2, -0.15) is 0 Å². The zero-order valence-corrected chi connectivity index (χ0v) is 19.1. The summed E-state index contributed by atoms with van der Waals surface area (Å²) in [5.74, 6) is 0.199. The van der Waals surface area contributed by atoms with Crippen LogP contribution in [0.4, 0.5) is 0 Å². The first-order chi connectivity index (χ1) is 12.7. The highest BCUT2D eigenvalue weighted by Crippen LogP contribution is 2.24. The van der Waals surface area contributed by atoms with Crippen molar-refractivity contribution in [1.29, 1.82) is 0 Å². The molecule has 1 saturated heterocycles. The Balaban J connectivity index is 2.12. The summed E-state index contributed by atoms with van der Waals surface area (Å²) in [6.45, 7) is 14.1. The quantitative estimate of drug-likeness (QED) is 0.586. The molecule has 0 spiro atoms. The largest absolute Gasteiger partial charge is 0.378 e. The predicted octanol–water partition coefficient (Wildman–Crippen LogP) is 3.35. The third-order valence-corrected chi connectivity index (χ3v) is 9.98. The number of para-hydroxylation sites is 1. The monoisotopic (exact) mass is 398 g/mol. The maximum Gasteiger partial charge on any atom is 0.245 e. The zero-order valence-electron chi connectivity index (χ0n) is 17.1. The number of carbonyl (C=O) groups excluding carboxylic acids is 1. The SMILES string of the molecule is C[Si](C)(C)/C=C(\C(=O)N1CCOCC1)[Si](C)(C)c1cccc2cccnc12. The van der Waals surface area contributed by atoms with E-state index in [1.165, 1.54) is 5.19 Å². The Morgan fingerprint density at radius 2 is 1.74 bits per heavy atom. The fourth-order valence-corrected chi connectivity index (χ4v) is 9.66. The van der Waals surface area contributed by atoms with E-state index in [2.05, 4.69) is 67.7 Å². The van der Waals surface area contributed by atoms with Gasteiger partial charge in [-0.1, -0.05) is 62.7 Å². The summed E-state index contributed by atoms with van der Waals surface area (Å²) in [4.78, 5) is 20.2. The van der Waals surface area contributed by atoms with Gasteiger partial charge in [-0.05, 0) is 11.3 Å². The van der Waals surface area contributed by atoms with Crippen LogP contribution in [0.3, 0.4) is 0 Å². The number of ether oxygens (including phenoxy) is 1. The number of hydrogen-bond acceptors (Lipinski definition) is 3. The van der Waals surface area contributed by atoms with Crippen LogP contribution in [-0.4, -0.2) is 58.2 Å². The Labute approximate surface area is 164 Å². The van der Waals surface area contributed by atoms with Gasteiger partial charge in [-0.25, -0.2) is 0 Å². The lowest BCUT2D eigenvalue weighted by atomic mass is 10.2. The standard InChI is InChI=1S/C21H30N2O2Si2/c1-26(2,3)16-19(21(24)23-12-14-25-15-13-23)27(4,5)18-10-6-8-17-9-7-11-22-20(17)18/h6-11,16H,12-15H2,1-5H3/b19-16+. The molecule has 3 rings (SSSR count). The van der Waals surface area contributed by atoms with Crippen LogP contribution >= 0.6 is 0 Å². The van der Waals surface area contributed by atoms with Crippen molar-refractivity contribution in [3.63, 3.8) is 0 Å². The molecular formula is C21H30N2O2Si2. The Bertz CT molecular complexity index is 861. The van der Waals surface area contributed by atoms with Crippen LogP contribution in [0.25, 0.3) is 10.9 Å². The maximum atomic E-state index is 13.6. The highest BCUT2D eigenvalue weighted by Gasteiger charge is 2.38. The van der Waals surface area contributed by atoms with Crippen LogP contribution in [0.5, 0.6) is 0 Å². The first-order valence-corrected chi connectivity index (χ1v) is 16.2. The summed E-state index contributed by atoms with van der Waals surface area (Å²) in [5, 5.41) is 3.41. The highest BCUT2D eigenvalue weighted by atomic mass is 28.3. The molecule has 0 radical (unpaired) electrons. The van der Waals surface area contributed by atoms with Crippen molar-refractivity contribution in [2.24, 2.45) is 0 Å². The summed E-state index contributed by atoms with van der Waals surface area (Å²) >= 11 is 0. The summed E-state index contributed by atoms with van der Waals surface area (Å²) in [6, 6.07) is 10.4. The average Bonchev–Trinajstić information content (AvgIpc) is 2.65. The summed E-state index contributed by atoms with van der Waals surface area (Å²) < 4.78 is 5.46. The lowest BCUT2D eigenvalue weighted by Crippen LogP contribution is -2.53. The molecule has 27 heavy (non-hydrogen) atoms. The summed E-state index contributed by atoms with van der Waals surface area (Å²) in [6.07, 6.45) is 1.85. The van der Waals surface area contributed by atoms with Gasteiger partial charge in [0.1, 0.15) is 8.07 Å². The lowest BCUT2D eigenvalue weighted by molar-refractivity contribution is -0.130. The Kier molecular flexibility index (Phi) is 5.69. The normalized spacial score (nSPS) is 16.6. The van der Waals surface area contributed by atoms with E-state index < -0.39 is 16.1 Å². The fraction of sp³-hybridized carbons (Fsp3) is 0.429. The Hall–Kier alpha value is -1.77. The number of fused-ring (bicyclic) bond motifs is 1. The number of hydrogen-bond donors (Lipinski definition) is 0. The molecule has 6 heteroatoms. The van der Waals surface area contributed by atoms with Crippen molar-refractivity contribution in [3.8, 4) is 0 Å². The topological polar surface area (TPSA) is 42.4 Å². The molecular weight excluding hydrogens is 368 g/mol. The van der Waals surface area contributed by atoms with E-state index in [4.69, 9.17) is 4.74 Å². The zero-order chi connectivity index (χ0) is 19.7. The molecule has 2 heterocycles. The van der Waals surface area contributed by atoms with Gasteiger partial charge in [-0.15, -0.1) is 0 Å². The highest BCUT2D eigenvalue weighted by molar-refractivity contribution is 7.01. The molecule has 1 aromatic carbocycles. The van der Waals surface area contributed by atoms with E-state index in [1.807, 2.05) is 17.2 Å². The Morgan fingerprint density at radius 3 is 2.41 bits per heavy atom. The first kappa shape index (κ1) is 20.0. The number of carbonyl (C=O) groups is 1. The minimum atomic E-state index is -2.23. The molecule has 0 unspecified atom stereocenters.